The van der Waals surface area contributed by atoms with E-state index >= 15 is 0 Å². The summed E-state index contributed by atoms with van der Waals surface area (Å²) in [7, 11) is 0. The van der Waals surface area contributed by atoms with Crippen LogP contribution in [-0.4, -0.2) is 6.54 Å². The first-order valence-electron chi connectivity index (χ1n) is 8.59. The third-order valence-electron chi connectivity index (χ3n) is 5.42. The monoisotopic (exact) mass is 291 g/mol. The minimum Gasteiger partial charge on any atom is -0.309 e. The summed E-state index contributed by atoms with van der Waals surface area (Å²) in [5.74, 6) is 1.82. The van der Waals surface area contributed by atoms with Crippen molar-refractivity contribution in [2.24, 2.45) is 11.8 Å². The van der Waals surface area contributed by atoms with Crippen molar-refractivity contribution in [3.63, 3.8) is 0 Å². The molecule has 3 unspecified atom stereocenters. The van der Waals surface area contributed by atoms with Crippen molar-refractivity contribution < 1.29 is 0 Å². The van der Waals surface area contributed by atoms with Gasteiger partial charge in [0.25, 0.3) is 0 Å². The first-order chi connectivity index (χ1) is 9.74. The molecule has 2 aliphatic rings. The smallest absolute Gasteiger partial charge is 0.0386 e. The molecule has 0 amide bonds. The topological polar surface area (TPSA) is 12.0 Å². The van der Waals surface area contributed by atoms with Gasteiger partial charge in [-0.1, -0.05) is 26.2 Å². The van der Waals surface area contributed by atoms with Crippen LogP contribution in [0, 0.1) is 11.8 Å². The van der Waals surface area contributed by atoms with Crippen LogP contribution >= 0.6 is 11.3 Å². The zero-order valence-electron chi connectivity index (χ0n) is 13.1. The van der Waals surface area contributed by atoms with Crippen LogP contribution in [-0.2, 0) is 12.8 Å². The number of rotatable bonds is 4. The van der Waals surface area contributed by atoms with Crippen molar-refractivity contribution in [1.29, 1.82) is 0 Å². The normalized spacial score (nSPS) is 28.1. The van der Waals surface area contributed by atoms with Crippen LogP contribution < -0.4 is 5.32 Å². The lowest BCUT2D eigenvalue weighted by Gasteiger charge is -2.30. The molecule has 1 N–H and O–H groups in total. The van der Waals surface area contributed by atoms with Gasteiger partial charge in [0, 0.05) is 15.8 Å². The van der Waals surface area contributed by atoms with Crippen LogP contribution in [0.25, 0.3) is 0 Å². The SMILES string of the molecule is CC(NCC1CCCCC1C)c1cc2c(s1)CCCC2. The summed E-state index contributed by atoms with van der Waals surface area (Å²) in [5.41, 5.74) is 1.65. The Bertz CT molecular complexity index is 413. The average Bonchev–Trinajstić information content (AvgIpc) is 2.90. The van der Waals surface area contributed by atoms with E-state index < -0.39 is 0 Å². The molecule has 0 radical (unpaired) electrons. The molecule has 2 heteroatoms. The van der Waals surface area contributed by atoms with Crippen molar-refractivity contribution in [2.75, 3.05) is 6.54 Å². The maximum atomic E-state index is 3.82. The highest BCUT2D eigenvalue weighted by Gasteiger charge is 2.22. The van der Waals surface area contributed by atoms with E-state index in [-0.39, 0.29) is 0 Å². The van der Waals surface area contributed by atoms with Gasteiger partial charge < -0.3 is 5.32 Å². The number of hydrogen-bond donors (Lipinski definition) is 1. The van der Waals surface area contributed by atoms with Gasteiger partial charge in [0.2, 0.25) is 0 Å². The summed E-state index contributed by atoms with van der Waals surface area (Å²) in [6.45, 7) is 6.01. The summed E-state index contributed by atoms with van der Waals surface area (Å²) < 4.78 is 0. The van der Waals surface area contributed by atoms with Gasteiger partial charge in [-0.3, -0.25) is 0 Å². The summed E-state index contributed by atoms with van der Waals surface area (Å²) in [4.78, 5) is 3.24. The van der Waals surface area contributed by atoms with Crippen LogP contribution in [0.5, 0.6) is 0 Å². The van der Waals surface area contributed by atoms with Gasteiger partial charge in [0.05, 0.1) is 0 Å². The summed E-state index contributed by atoms with van der Waals surface area (Å²) in [6, 6.07) is 3.03. The first kappa shape index (κ1) is 14.6. The second-order valence-corrected chi connectivity index (χ2v) is 8.12. The van der Waals surface area contributed by atoms with Gasteiger partial charge in [-0.05, 0) is 69.0 Å². The Morgan fingerprint density at radius 2 is 2.00 bits per heavy atom. The molecule has 1 saturated carbocycles. The molecule has 1 aromatic rings. The Labute approximate surface area is 128 Å². The molecule has 1 aromatic heterocycles. The van der Waals surface area contributed by atoms with Gasteiger partial charge in [-0.25, -0.2) is 0 Å². The number of aryl methyl sites for hydroxylation is 2. The third-order valence-corrected chi connectivity index (χ3v) is 6.84. The molecule has 0 spiro atoms. The fraction of sp³-hybridized carbons (Fsp3) is 0.778. The molecule has 1 fully saturated rings. The molecule has 1 nitrogen and oxygen atoms in total. The van der Waals surface area contributed by atoms with Gasteiger partial charge in [-0.2, -0.15) is 0 Å². The van der Waals surface area contributed by atoms with Crippen LogP contribution in [0.4, 0.5) is 0 Å². The van der Waals surface area contributed by atoms with E-state index in [2.05, 4.69) is 36.6 Å². The Morgan fingerprint density at radius 1 is 1.20 bits per heavy atom. The zero-order valence-corrected chi connectivity index (χ0v) is 13.9. The third kappa shape index (κ3) is 3.28. The summed E-state index contributed by atoms with van der Waals surface area (Å²) in [5, 5.41) is 3.82. The molecule has 112 valence electrons. The highest BCUT2D eigenvalue weighted by molar-refractivity contribution is 7.12. The predicted octanol–water partition coefficient (Wildman–Crippen LogP) is 5.10. The number of thiophene rings is 1. The number of fused-ring (bicyclic) bond motifs is 1. The lowest BCUT2D eigenvalue weighted by Crippen LogP contribution is -2.30. The van der Waals surface area contributed by atoms with Gasteiger partial charge >= 0.3 is 0 Å². The maximum absolute atomic E-state index is 3.82. The second kappa shape index (κ2) is 6.62. The van der Waals surface area contributed by atoms with E-state index in [1.54, 1.807) is 15.3 Å². The van der Waals surface area contributed by atoms with Crippen LogP contribution in [0.1, 0.15) is 73.7 Å². The number of hydrogen-bond acceptors (Lipinski definition) is 2. The molecular formula is C18H29NS. The molecule has 3 rings (SSSR count). The first-order valence-corrected chi connectivity index (χ1v) is 9.40. The highest BCUT2D eigenvalue weighted by Crippen LogP contribution is 2.34. The molecule has 0 aliphatic heterocycles. The average molecular weight is 292 g/mol. The molecule has 3 atom stereocenters. The molecule has 1 heterocycles. The zero-order chi connectivity index (χ0) is 13.9. The van der Waals surface area contributed by atoms with Crippen LogP contribution in [0.3, 0.4) is 0 Å². The van der Waals surface area contributed by atoms with E-state index in [0.717, 1.165) is 11.8 Å². The van der Waals surface area contributed by atoms with Gasteiger partial charge in [0.15, 0.2) is 0 Å². The van der Waals surface area contributed by atoms with E-state index in [4.69, 9.17) is 0 Å². The lowest BCUT2D eigenvalue weighted by molar-refractivity contribution is 0.243. The molecule has 2 aliphatic carbocycles. The Morgan fingerprint density at radius 3 is 2.80 bits per heavy atom. The number of nitrogens with one attached hydrogen (secondary N) is 1. The fourth-order valence-corrected chi connectivity index (χ4v) is 5.14. The lowest BCUT2D eigenvalue weighted by atomic mass is 9.80. The van der Waals surface area contributed by atoms with Crippen molar-refractivity contribution in [3.8, 4) is 0 Å². The maximum Gasteiger partial charge on any atom is 0.0386 e. The predicted molar refractivity (Wildman–Crippen MR) is 88.5 cm³/mol. The summed E-state index contributed by atoms with van der Waals surface area (Å²) in [6.07, 6.45) is 11.2. The fourth-order valence-electron chi connectivity index (χ4n) is 3.85. The van der Waals surface area contributed by atoms with Crippen molar-refractivity contribution in [3.05, 3.63) is 21.4 Å². The highest BCUT2D eigenvalue weighted by atomic mass is 32.1. The molecular weight excluding hydrogens is 262 g/mol. The van der Waals surface area contributed by atoms with Crippen molar-refractivity contribution in [2.45, 2.75) is 71.3 Å². The Kier molecular flexibility index (Phi) is 4.83. The largest absolute Gasteiger partial charge is 0.309 e. The quantitative estimate of drug-likeness (QED) is 0.813. The Balaban J connectivity index is 1.56. The van der Waals surface area contributed by atoms with E-state index in [1.807, 2.05) is 0 Å². The standard InChI is InChI=1S/C18H29NS/c1-13-7-3-4-9-16(13)12-19-14(2)18-11-15-8-5-6-10-17(15)20-18/h11,13-14,16,19H,3-10,12H2,1-2H3. The minimum atomic E-state index is 0.541. The van der Waals surface area contributed by atoms with E-state index in [0.29, 0.717) is 6.04 Å². The van der Waals surface area contributed by atoms with Gasteiger partial charge in [0.1, 0.15) is 0 Å². The molecule has 0 bridgehead atoms. The van der Waals surface area contributed by atoms with Crippen molar-refractivity contribution >= 4 is 11.3 Å². The Hall–Kier alpha value is -0.340. The molecule has 0 saturated heterocycles. The molecule has 0 aromatic carbocycles. The van der Waals surface area contributed by atoms with Gasteiger partial charge in [-0.15, -0.1) is 11.3 Å². The van der Waals surface area contributed by atoms with Crippen LogP contribution in [0.2, 0.25) is 0 Å². The van der Waals surface area contributed by atoms with E-state index in [9.17, 15) is 0 Å². The summed E-state index contributed by atoms with van der Waals surface area (Å²) >= 11 is 2.07. The van der Waals surface area contributed by atoms with Crippen molar-refractivity contribution in [1.82, 2.24) is 5.32 Å². The molecule has 20 heavy (non-hydrogen) atoms. The van der Waals surface area contributed by atoms with Crippen LogP contribution in [0.15, 0.2) is 6.07 Å². The minimum absolute atomic E-state index is 0.541. The second-order valence-electron chi connectivity index (χ2n) is 6.96. The van der Waals surface area contributed by atoms with E-state index in [1.165, 1.54) is 57.9 Å².